The highest BCUT2D eigenvalue weighted by atomic mass is 16.1. The average Bonchev–Trinajstić information content (AvgIpc) is 2.47. The number of nitrogens with one attached hydrogen (secondary N) is 1. The maximum atomic E-state index is 12.3. The van der Waals surface area contributed by atoms with E-state index in [0.717, 1.165) is 23.4 Å². The normalized spacial score (nSPS) is 25.9. The minimum atomic E-state index is 0.151. The van der Waals surface area contributed by atoms with Crippen LogP contribution in [0.5, 0.6) is 0 Å². The number of pyridine rings is 1. The van der Waals surface area contributed by atoms with E-state index in [-0.39, 0.29) is 5.56 Å². The summed E-state index contributed by atoms with van der Waals surface area (Å²) in [5.41, 5.74) is 3.62. The van der Waals surface area contributed by atoms with Gasteiger partial charge in [0.05, 0.1) is 0 Å². The molecule has 0 unspecified atom stereocenters. The van der Waals surface area contributed by atoms with E-state index >= 15 is 0 Å². The van der Waals surface area contributed by atoms with E-state index in [1.807, 2.05) is 12.1 Å². The Morgan fingerprint density at radius 2 is 1.89 bits per heavy atom. The summed E-state index contributed by atoms with van der Waals surface area (Å²) < 4.78 is 0. The fourth-order valence-corrected chi connectivity index (χ4v) is 4.24. The van der Waals surface area contributed by atoms with Gasteiger partial charge in [0, 0.05) is 16.5 Å². The second-order valence-corrected chi connectivity index (χ2v) is 6.08. The van der Waals surface area contributed by atoms with E-state index < -0.39 is 0 Å². The minimum Gasteiger partial charge on any atom is -0.322 e. The van der Waals surface area contributed by atoms with Crippen molar-refractivity contribution in [2.75, 3.05) is 0 Å². The van der Waals surface area contributed by atoms with Gasteiger partial charge in [-0.2, -0.15) is 0 Å². The van der Waals surface area contributed by atoms with Crippen LogP contribution in [0.2, 0.25) is 0 Å². The molecule has 98 valence electrons. The molecular weight excluding hydrogens is 234 g/mol. The molecular formula is C17H19NO. The first-order valence-corrected chi connectivity index (χ1v) is 7.48. The summed E-state index contributed by atoms with van der Waals surface area (Å²) in [7, 11) is 0. The number of H-pyrrole nitrogens is 1. The molecule has 1 aromatic carbocycles. The van der Waals surface area contributed by atoms with Crippen LogP contribution in [0.15, 0.2) is 29.1 Å². The molecule has 0 radical (unpaired) electrons. The molecule has 4 rings (SSSR count). The van der Waals surface area contributed by atoms with Crippen LogP contribution in [0.1, 0.15) is 49.1 Å². The fraction of sp³-hybridized carbons (Fsp3) is 0.471. The number of fused-ring (bicyclic) bond motifs is 5. The maximum Gasteiger partial charge on any atom is 0.251 e. The summed E-state index contributed by atoms with van der Waals surface area (Å²) >= 11 is 0. The first kappa shape index (κ1) is 11.3. The maximum absolute atomic E-state index is 12.3. The van der Waals surface area contributed by atoms with Gasteiger partial charge in [-0.15, -0.1) is 0 Å². The Morgan fingerprint density at radius 3 is 2.84 bits per heavy atom. The zero-order valence-corrected chi connectivity index (χ0v) is 11.1. The quantitative estimate of drug-likeness (QED) is 0.762. The van der Waals surface area contributed by atoms with E-state index in [9.17, 15) is 4.79 Å². The molecule has 2 aliphatic carbocycles. The third-order valence-corrected chi connectivity index (χ3v) is 5.11. The van der Waals surface area contributed by atoms with E-state index in [4.69, 9.17) is 0 Å². The van der Waals surface area contributed by atoms with Gasteiger partial charge in [-0.1, -0.05) is 31.0 Å². The largest absolute Gasteiger partial charge is 0.322 e. The molecule has 2 nitrogen and oxygen atoms in total. The summed E-state index contributed by atoms with van der Waals surface area (Å²) in [6.07, 6.45) is 7.49. The lowest BCUT2D eigenvalue weighted by Crippen LogP contribution is -2.29. The van der Waals surface area contributed by atoms with Gasteiger partial charge in [-0.25, -0.2) is 0 Å². The lowest BCUT2D eigenvalue weighted by molar-refractivity contribution is 0.276. The van der Waals surface area contributed by atoms with Gasteiger partial charge in [0.25, 0.3) is 5.56 Å². The molecule has 2 aromatic rings. The van der Waals surface area contributed by atoms with Crippen LogP contribution in [-0.2, 0) is 6.42 Å². The van der Waals surface area contributed by atoms with E-state index in [1.54, 1.807) is 0 Å². The Labute approximate surface area is 112 Å². The zero-order valence-electron chi connectivity index (χ0n) is 11.1. The number of hydrogen-bond donors (Lipinski definition) is 1. The van der Waals surface area contributed by atoms with Gasteiger partial charge in [0.2, 0.25) is 0 Å². The van der Waals surface area contributed by atoms with Crippen molar-refractivity contribution in [3.63, 3.8) is 0 Å². The molecule has 2 heteroatoms. The third kappa shape index (κ3) is 1.66. The van der Waals surface area contributed by atoms with Crippen LogP contribution in [0, 0.1) is 5.92 Å². The second kappa shape index (κ2) is 4.22. The van der Waals surface area contributed by atoms with Crippen molar-refractivity contribution in [1.29, 1.82) is 0 Å². The average molecular weight is 253 g/mol. The van der Waals surface area contributed by atoms with E-state index in [2.05, 4.69) is 17.1 Å². The summed E-state index contributed by atoms with van der Waals surface area (Å²) in [5, 5.41) is 1.29. The highest BCUT2D eigenvalue weighted by Crippen LogP contribution is 2.46. The molecule has 2 aliphatic rings. The fourth-order valence-electron chi connectivity index (χ4n) is 4.24. The van der Waals surface area contributed by atoms with Crippen molar-refractivity contribution in [2.24, 2.45) is 5.92 Å². The molecule has 1 heterocycles. The highest BCUT2D eigenvalue weighted by Gasteiger charge is 2.33. The van der Waals surface area contributed by atoms with Crippen molar-refractivity contribution < 1.29 is 0 Å². The summed E-state index contributed by atoms with van der Waals surface area (Å²) in [6, 6.07) is 8.31. The molecule has 19 heavy (non-hydrogen) atoms. The minimum absolute atomic E-state index is 0.151. The summed E-state index contributed by atoms with van der Waals surface area (Å²) in [5.74, 6) is 1.44. The SMILES string of the molecule is O=c1[nH]c2ccccc2c2c1CC[C@@H]1CCCC[C@H]21. The number of benzene rings is 1. The van der Waals surface area contributed by atoms with Crippen molar-refractivity contribution in [3.05, 3.63) is 45.7 Å². The predicted molar refractivity (Wildman–Crippen MR) is 77.6 cm³/mol. The first-order valence-electron chi connectivity index (χ1n) is 7.48. The topological polar surface area (TPSA) is 32.9 Å². The van der Waals surface area contributed by atoms with E-state index in [0.29, 0.717) is 5.92 Å². The Bertz CT molecular complexity index is 685. The van der Waals surface area contributed by atoms with Gasteiger partial charge in [-0.3, -0.25) is 4.79 Å². The Balaban J connectivity index is 2.02. The Hall–Kier alpha value is -1.57. The molecule has 1 N–H and O–H groups in total. The van der Waals surface area contributed by atoms with E-state index in [1.165, 1.54) is 43.1 Å². The monoisotopic (exact) mass is 253 g/mol. The van der Waals surface area contributed by atoms with Crippen LogP contribution >= 0.6 is 0 Å². The van der Waals surface area contributed by atoms with Crippen molar-refractivity contribution >= 4 is 10.9 Å². The predicted octanol–water partition coefficient (Wildman–Crippen LogP) is 3.75. The Kier molecular flexibility index (Phi) is 2.51. The van der Waals surface area contributed by atoms with Crippen LogP contribution in [0.25, 0.3) is 10.9 Å². The lowest BCUT2D eigenvalue weighted by Gasteiger charge is -2.37. The zero-order chi connectivity index (χ0) is 12.8. The standard InChI is InChI=1S/C17H19NO/c19-17-14-10-9-11-5-1-2-6-12(11)16(14)13-7-3-4-8-15(13)18-17/h3-4,7-8,11-12H,1-2,5-6,9-10H2,(H,18,19)/t11-,12-/m0/s1. The molecule has 0 saturated heterocycles. The van der Waals surface area contributed by atoms with Gasteiger partial charge < -0.3 is 4.98 Å². The Morgan fingerprint density at radius 1 is 1.05 bits per heavy atom. The number of aromatic nitrogens is 1. The van der Waals surface area contributed by atoms with Crippen molar-refractivity contribution in [2.45, 2.75) is 44.4 Å². The van der Waals surface area contributed by atoms with Crippen LogP contribution in [0.3, 0.4) is 0 Å². The molecule has 0 amide bonds. The molecule has 0 aliphatic heterocycles. The second-order valence-electron chi connectivity index (χ2n) is 6.08. The number of rotatable bonds is 0. The lowest BCUT2D eigenvalue weighted by atomic mass is 9.67. The van der Waals surface area contributed by atoms with Crippen molar-refractivity contribution in [3.8, 4) is 0 Å². The molecule has 2 atom stereocenters. The number of para-hydroxylation sites is 1. The smallest absolute Gasteiger partial charge is 0.251 e. The third-order valence-electron chi connectivity index (χ3n) is 5.11. The molecule has 0 bridgehead atoms. The molecule has 0 spiro atoms. The van der Waals surface area contributed by atoms with Gasteiger partial charge in [0.1, 0.15) is 0 Å². The number of aromatic amines is 1. The summed E-state index contributed by atoms with van der Waals surface area (Å²) in [4.78, 5) is 15.4. The van der Waals surface area contributed by atoms with Crippen LogP contribution in [-0.4, -0.2) is 4.98 Å². The first-order chi connectivity index (χ1) is 9.34. The molecule has 1 fully saturated rings. The highest BCUT2D eigenvalue weighted by molar-refractivity contribution is 5.83. The number of hydrogen-bond acceptors (Lipinski definition) is 1. The van der Waals surface area contributed by atoms with Crippen molar-refractivity contribution in [1.82, 2.24) is 4.98 Å². The molecule has 1 aromatic heterocycles. The van der Waals surface area contributed by atoms with Gasteiger partial charge >= 0.3 is 0 Å². The molecule has 1 saturated carbocycles. The van der Waals surface area contributed by atoms with Gasteiger partial charge in [0.15, 0.2) is 0 Å². The summed E-state index contributed by atoms with van der Waals surface area (Å²) in [6.45, 7) is 0. The van der Waals surface area contributed by atoms with Gasteiger partial charge in [-0.05, 0) is 49.1 Å². The van der Waals surface area contributed by atoms with Crippen LogP contribution in [0.4, 0.5) is 0 Å². The van der Waals surface area contributed by atoms with Crippen LogP contribution < -0.4 is 5.56 Å².